The zero-order chi connectivity index (χ0) is 27.3. The number of hydrogen-bond donors (Lipinski definition) is 0. The van der Waals surface area contributed by atoms with E-state index in [2.05, 4.69) is 47.6 Å². The van der Waals surface area contributed by atoms with Gasteiger partial charge in [-0.05, 0) is 106 Å². The molecule has 0 aliphatic heterocycles. The number of esters is 2. The van der Waals surface area contributed by atoms with Crippen LogP contribution in [0, 0.1) is 34.5 Å². The first-order valence-electron chi connectivity index (χ1n) is 14.7. The Labute approximate surface area is 222 Å². The summed E-state index contributed by atoms with van der Waals surface area (Å²) in [6.07, 6.45) is 13.6. The summed E-state index contributed by atoms with van der Waals surface area (Å²) in [5.74, 6) is 2.31. The van der Waals surface area contributed by atoms with Crippen molar-refractivity contribution in [3.8, 4) is 0 Å². The summed E-state index contributed by atoms with van der Waals surface area (Å²) >= 11 is 0. The van der Waals surface area contributed by atoms with Crippen LogP contribution in [0.4, 0.5) is 0 Å². The quantitative estimate of drug-likeness (QED) is 0.209. The topological polar surface area (TPSA) is 52.6 Å². The van der Waals surface area contributed by atoms with Crippen LogP contribution in [0.15, 0.2) is 11.6 Å². The standard InChI is InChI=1S/C32H56O4/c1-11-12-27-21-28(35-25(5)33)17-20-31(27,9)24(4)16-19-32(10)23(3)13-14-29(32)22(2)15-18-30(7,8)36-26(6)34/h12,22-24,28-29H,11,13-21H2,1-10H3/b27-12-/t22-,23-,24-,28+,29-,31-,32+/m1/s1. The second-order valence-corrected chi connectivity index (χ2v) is 13.4. The second kappa shape index (κ2) is 12.5. The normalized spacial score (nSPS) is 33.8. The number of allylic oxidation sites excluding steroid dienone is 1. The van der Waals surface area contributed by atoms with Crippen molar-refractivity contribution in [1.82, 2.24) is 0 Å². The van der Waals surface area contributed by atoms with Crippen molar-refractivity contribution in [1.29, 1.82) is 0 Å². The van der Waals surface area contributed by atoms with E-state index in [1.165, 1.54) is 45.1 Å². The molecule has 2 saturated carbocycles. The number of rotatable bonds is 11. The van der Waals surface area contributed by atoms with Crippen LogP contribution >= 0.6 is 0 Å². The third kappa shape index (κ3) is 7.60. The first-order chi connectivity index (χ1) is 16.6. The van der Waals surface area contributed by atoms with Crippen molar-refractivity contribution in [2.24, 2.45) is 34.5 Å². The van der Waals surface area contributed by atoms with E-state index in [-0.39, 0.29) is 23.5 Å². The molecule has 0 spiro atoms. The van der Waals surface area contributed by atoms with Crippen molar-refractivity contribution in [3.05, 3.63) is 11.6 Å². The van der Waals surface area contributed by atoms with Crippen molar-refractivity contribution in [3.63, 3.8) is 0 Å². The second-order valence-electron chi connectivity index (χ2n) is 13.4. The summed E-state index contributed by atoms with van der Waals surface area (Å²) in [6.45, 7) is 21.7. The van der Waals surface area contributed by atoms with Gasteiger partial charge in [0.1, 0.15) is 11.7 Å². The largest absolute Gasteiger partial charge is 0.462 e. The predicted octanol–water partition coefficient (Wildman–Crippen LogP) is 8.67. The Kier molecular flexibility index (Phi) is 10.7. The third-order valence-electron chi connectivity index (χ3n) is 10.3. The highest BCUT2D eigenvalue weighted by Gasteiger charge is 2.47. The van der Waals surface area contributed by atoms with E-state index >= 15 is 0 Å². The fourth-order valence-corrected chi connectivity index (χ4v) is 7.55. The molecule has 36 heavy (non-hydrogen) atoms. The molecule has 0 saturated heterocycles. The SMILES string of the molecule is CC/C=C1/C[C@@H](OC(C)=O)CC[C@]1(C)[C@H](C)CC[C@@]1(C)[C@H](C)CC[C@@H]1[C@H](C)CCC(C)(C)OC(C)=O. The van der Waals surface area contributed by atoms with Gasteiger partial charge in [0, 0.05) is 20.3 Å². The molecule has 0 heterocycles. The van der Waals surface area contributed by atoms with Crippen LogP contribution in [0.2, 0.25) is 0 Å². The van der Waals surface area contributed by atoms with Gasteiger partial charge in [0.05, 0.1) is 0 Å². The van der Waals surface area contributed by atoms with Crippen LogP contribution < -0.4 is 0 Å². The van der Waals surface area contributed by atoms with Gasteiger partial charge in [-0.25, -0.2) is 0 Å². The van der Waals surface area contributed by atoms with Crippen LogP contribution in [-0.2, 0) is 19.1 Å². The smallest absolute Gasteiger partial charge is 0.303 e. The van der Waals surface area contributed by atoms with Gasteiger partial charge >= 0.3 is 11.9 Å². The van der Waals surface area contributed by atoms with Gasteiger partial charge in [-0.2, -0.15) is 0 Å². The Morgan fingerprint density at radius 3 is 2.33 bits per heavy atom. The Morgan fingerprint density at radius 1 is 1.08 bits per heavy atom. The molecule has 2 fully saturated rings. The van der Waals surface area contributed by atoms with Crippen LogP contribution in [0.25, 0.3) is 0 Å². The van der Waals surface area contributed by atoms with E-state index in [4.69, 9.17) is 9.47 Å². The van der Waals surface area contributed by atoms with Crippen LogP contribution in [-0.4, -0.2) is 23.6 Å². The summed E-state index contributed by atoms with van der Waals surface area (Å²) in [4.78, 5) is 23.1. The summed E-state index contributed by atoms with van der Waals surface area (Å²) in [5, 5.41) is 0. The van der Waals surface area contributed by atoms with E-state index in [0.717, 1.165) is 44.4 Å². The molecule has 4 heteroatoms. The lowest BCUT2D eigenvalue weighted by atomic mass is 9.60. The molecule has 2 aliphatic rings. The van der Waals surface area contributed by atoms with E-state index in [0.29, 0.717) is 23.2 Å². The molecule has 2 aliphatic carbocycles. The Morgan fingerprint density at radius 2 is 1.75 bits per heavy atom. The van der Waals surface area contributed by atoms with Gasteiger partial charge in [0.25, 0.3) is 0 Å². The lowest BCUT2D eigenvalue weighted by molar-refractivity contribution is -0.154. The molecule has 0 aromatic carbocycles. The number of ether oxygens (including phenoxy) is 2. The van der Waals surface area contributed by atoms with Crippen molar-refractivity contribution >= 4 is 11.9 Å². The maximum atomic E-state index is 11.6. The highest BCUT2D eigenvalue weighted by molar-refractivity contribution is 5.66. The minimum atomic E-state index is -0.392. The first-order valence-corrected chi connectivity index (χ1v) is 14.7. The molecule has 0 radical (unpaired) electrons. The fraction of sp³-hybridized carbons (Fsp3) is 0.875. The zero-order valence-electron chi connectivity index (χ0n) is 25.2. The Bertz CT molecular complexity index is 783. The molecule has 2 rings (SSSR count). The highest BCUT2D eigenvalue weighted by Crippen LogP contribution is 2.56. The average molecular weight is 505 g/mol. The van der Waals surface area contributed by atoms with Gasteiger partial charge < -0.3 is 9.47 Å². The molecule has 208 valence electrons. The molecular formula is C32H56O4. The summed E-state index contributed by atoms with van der Waals surface area (Å²) in [6, 6.07) is 0. The Hall–Kier alpha value is -1.32. The van der Waals surface area contributed by atoms with Gasteiger partial charge in [-0.1, -0.05) is 53.2 Å². The van der Waals surface area contributed by atoms with Gasteiger partial charge in [0.2, 0.25) is 0 Å². The zero-order valence-corrected chi connectivity index (χ0v) is 25.2. The molecule has 0 bridgehead atoms. The summed E-state index contributed by atoms with van der Waals surface area (Å²) in [5.41, 5.74) is 1.63. The maximum absolute atomic E-state index is 11.6. The van der Waals surface area contributed by atoms with E-state index < -0.39 is 5.60 Å². The molecular weight excluding hydrogens is 448 g/mol. The third-order valence-corrected chi connectivity index (χ3v) is 10.3. The highest BCUT2D eigenvalue weighted by atomic mass is 16.6. The van der Waals surface area contributed by atoms with Crippen molar-refractivity contribution in [2.45, 2.75) is 145 Å². The number of carbonyl (C=O) groups is 2. The average Bonchev–Trinajstić information content (AvgIpc) is 3.06. The molecule has 0 N–H and O–H groups in total. The minimum Gasteiger partial charge on any atom is -0.462 e. The van der Waals surface area contributed by atoms with Crippen LogP contribution in [0.5, 0.6) is 0 Å². The van der Waals surface area contributed by atoms with Crippen LogP contribution in [0.1, 0.15) is 133 Å². The minimum absolute atomic E-state index is 0.0365. The van der Waals surface area contributed by atoms with Crippen molar-refractivity contribution in [2.75, 3.05) is 0 Å². The Balaban J connectivity index is 2.07. The predicted molar refractivity (Wildman–Crippen MR) is 149 cm³/mol. The summed E-state index contributed by atoms with van der Waals surface area (Å²) in [7, 11) is 0. The van der Waals surface area contributed by atoms with Crippen molar-refractivity contribution < 1.29 is 19.1 Å². The van der Waals surface area contributed by atoms with E-state index in [9.17, 15) is 9.59 Å². The molecule has 0 amide bonds. The van der Waals surface area contributed by atoms with Gasteiger partial charge in [-0.3, -0.25) is 9.59 Å². The van der Waals surface area contributed by atoms with E-state index in [1.807, 2.05) is 13.8 Å². The fourth-order valence-electron chi connectivity index (χ4n) is 7.55. The molecule has 0 unspecified atom stereocenters. The molecule has 4 nitrogen and oxygen atoms in total. The number of carbonyl (C=O) groups excluding carboxylic acids is 2. The van der Waals surface area contributed by atoms with Crippen LogP contribution in [0.3, 0.4) is 0 Å². The molecule has 0 aromatic heterocycles. The summed E-state index contributed by atoms with van der Waals surface area (Å²) < 4.78 is 11.2. The lowest BCUT2D eigenvalue weighted by Gasteiger charge is -2.46. The van der Waals surface area contributed by atoms with Gasteiger partial charge in [0.15, 0.2) is 0 Å². The maximum Gasteiger partial charge on any atom is 0.303 e. The molecule has 7 atom stereocenters. The monoisotopic (exact) mass is 504 g/mol. The first kappa shape index (κ1) is 30.9. The number of hydrogen-bond acceptors (Lipinski definition) is 4. The lowest BCUT2D eigenvalue weighted by Crippen LogP contribution is -2.38. The van der Waals surface area contributed by atoms with Gasteiger partial charge in [-0.15, -0.1) is 0 Å². The van der Waals surface area contributed by atoms with E-state index in [1.54, 1.807) is 0 Å². The molecule has 0 aromatic rings.